The maximum atomic E-state index is 12.3. The SMILES string of the molecule is Cc1cc2cc[nH]c2cc1NCc1cc2cc(Cl)ccc2[nH]c1=O. The van der Waals surface area contributed by atoms with E-state index in [-0.39, 0.29) is 5.56 Å². The Bertz CT molecular complexity index is 1110. The van der Waals surface area contributed by atoms with Gasteiger partial charge in [0.2, 0.25) is 0 Å². The molecule has 0 aliphatic heterocycles. The molecule has 0 spiro atoms. The molecule has 0 aliphatic rings. The molecule has 2 heterocycles. The molecule has 0 amide bonds. The summed E-state index contributed by atoms with van der Waals surface area (Å²) >= 11 is 6.04. The quantitative estimate of drug-likeness (QED) is 0.512. The Morgan fingerprint density at radius 1 is 1.04 bits per heavy atom. The summed E-state index contributed by atoms with van der Waals surface area (Å²) in [6.07, 6.45) is 1.92. The second-order valence-corrected chi connectivity index (χ2v) is 6.38. The first kappa shape index (κ1) is 14.8. The van der Waals surface area contributed by atoms with Crippen LogP contribution in [0.3, 0.4) is 0 Å². The molecule has 0 atom stereocenters. The Morgan fingerprint density at radius 2 is 1.92 bits per heavy atom. The van der Waals surface area contributed by atoms with Gasteiger partial charge >= 0.3 is 0 Å². The number of H-pyrrole nitrogens is 2. The minimum Gasteiger partial charge on any atom is -0.380 e. The smallest absolute Gasteiger partial charge is 0.253 e. The number of hydrogen-bond donors (Lipinski definition) is 3. The molecule has 2 aromatic carbocycles. The van der Waals surface area contributed by atoms with Crippen molar-refractivity contribution in [1.82, 2.24) is 9.97 Å². The van der Waals surface area contributed by atoms with E-state index >= 15 is 0 Å². The van der Waals surface area contributed by atoms with E-state index in [9.17, 15) is 4.79 Å². The summed E-state index contributed by atoms with van der Waals surface area (Å²) in [6, 6.07) is 13.6. The third-order valence-corrected chi connectivity index (χ3v) is 4.49. The summed E-state index contributed by atoms with van der Waals surface area (Å²) in [5.41, 5.74) is 4.60. The van der Waals surface area contributed by atoms with Gasteiger partial charge < -0.3 is 15.3 Å². The number of aryl methyl sites for hydroxylation is 1. The Labute approximate surface area is 143 Å². The standard InChI is InChI=1S/C19H16ClN3O/c1-11-6-12-4-5-21-18(12)9-17(11)22-10-14-7-13-8-15(20)2-3-16(13)23-19(14)24/h2-9,21-22H,10H2,1H3,(H,23,24). The maximum Gasteiger partial charge on any atom is 0.253 e. The molecule has 4 nitrogen and oxygen atoms in total. The van der Waals surface area contributed by atoms with Crippen molar-refractivity contribution >= 4 is 39.1 Å². The van der Waals surface area contributed by atoms with Crippen LogP contribution in [-0.2, 0) is 6.54 Å². The van der Waals surface area contributed by atoms with Gasteiger partial charge in [-0.1, -0.05) is 11.6 Å². The Morgan fingerprint density at radius 3 is 2.79 bits per heavy atom. The van der Waals surface area contributed by atoms with Crippen LogP contribution < -0.4 is 10.9 Å². The van der Waals surface area contributed by atoms with E-state index in [0.29, 0.717) is 17.1 Å². The van der Waals surface area contributed by atoms with E-state index in [4.69, 9.17) is 11.6 Å². The summed E-state index contributed by atoms with van der Waals surface area (Å²) < 4.78 is 0. The molecule has 0 saturated heterocycles. The average Bonchev–Trinajstić information content (AvgIpc) is 3.00. The van der Waals surface area contributed by atoms with Gasteiger partial charge in [0, 0.05) is 45.4 Å². The fraction of sp³-hybridized carbons (Fsp3) is 0.105. The van der Waals surface area contributed by atoms with E-state index in [1.807, 2.05) is 30.5 Å². The Balaban J connectivity index is 1.67. The lowest BCUT2D eigenvalue weighted by Gasteiger charge is -2.10. The third-order valence-electron chi connectivity index (χ3n) is 4.25. The number of hydrogen-bond acceptors (Lipinski definition) is 2. The fourth-order valence-electron chi connectivity index (χ4n) is 2.95. The highest BCUT2D eigenvalue weighted by Gasteiger charge is 2.06. The summed E-state index contributed by atoms with van der Waals surface area (Å²) in [6.45, 7) is 2.50. The van der Waals surface area contributed by atoms with Gasteiger partial charge in [0.05, 0.1) is 0 Å². The number of anilines is 1. The molecule has 24 heavy (non-hydrogen) atoms. The topological polar surface area (TPSA) is 60.7 Å². The van der Waals surface area contributed by atoms with Crippen molar-refractivity contribution in [2.24, 2.45) is 0 Å². The number of aromatic amines is 2. The minimum atomic E-state index is -0.0871. The fourth-order valence-corrected chi connectivity index (χ4v) is 3.13. The van der Waals surface area contributed by atoms with Gasteiger partial charge in [-0.3, -0.25) is 4.79 Å². The maximum absolute atomic E-state index is 12.3. The largest absolute Gasteiger partial charge is 0.380 e. The van der Waals surface area contributed by atoms with Gasteiger partial charge in [-0.25, -0.2) is 0 Å². The van der Waals surface area contributed by atoms with Crippen LogP contribution >= 0.6 is 11.6 Å². The molecule has 3 N–H and O–H groups in total. The summed E-state index contributed by atoms with van der Waals surface area (Å²) in [5, 5.41) is 6.12. The molecular formula is C19H16ClN3O. The monoisotopic (exact) mass is 337 g/mol. The number of halogens is 1. The molecule has 0 fully saturated rings. The van der Waals surface area contributed by atoms with Gasteiger partial charge in [0.25, 0.3) is 5.56 Å². The summed E-state index contributed by atoms with van der Waals surface area (Å²) in [5.74, 6) is 0. The van der Waals surface area contributed by atoms with Crippen LogP contribution in [0.25, 0.3) is 21.8 Å². The first-order valence-electron chi connectivity index (χ1n) is 7.73. The predicted octanol–water partition coefficient (Wildman–Crippen LogP) is 4.58. The van der Waals surface area contributed by atoms with Crippen molar-refractivity contribution < 1.29 is 0 Å². The molecule has 0 unspecified atom stereocenters. The highest BCUT2D eigenvalue weighted by Crippen LogP contribution is 2.23. The zero-order valence-electron chi connectivity index (χ0n) is 13.1. The molecule has 4 aromatic rings. The highest BCUT2D eigenvalue weighted by molar-refractivity contribution is 6.31. The first-order chi connectivity index (χ1) is 11.6. The number of pyridine rings is 1. The molecular weight excluding hydrogens is 322 g/mol. The van der Waals surface area contributed by atoms with Crippen LogP contribution in [0.4, 0.5) is 5.69 Å². The van der Waals surface area contributed by atoms with Crippen molar-refractivity contribution in [3.63, 3.8) is 0 Å². The lowest BCUT2D eigenvalue weighted by atomic mass is 10.1. The molecule has 0 saturated carbocycles. The minimum absolute atomic E-state index is 0.0871. The van der Waals surface area contributed by atoms with Crippen LogP contribution in [0.5, 0.6) is 0 Å². The number of benzene rings is 2. The van der Waals surface area contributed by atoms with Gasteiger partial charge in [-0.15, -0.1) is 0 Å². The van der Waals surface area contributed by atoms with Crippen LogP contribution in [0.15, 0.2) is 53.5 Å². The van der Waals surface area contributed by atoms with E-state index in [1.165, 1.54) is 5.39 Å². The Kier molecular flexibility index (Phi) is 3.54. The van der Waals surface area contributed by atoms with Crippen molar-refractivity contribution in [3.8, 4) is 0 Å². The van der Waals surface area contributed by atoms with Gasteiger partial charge in [0.1, 0.15) is 0 Å². The normalized spacial score (nSPS) is 11.2. The summed E-state index contributed by atoms with van der Waals surface area (Å²) in [4.78, 5) is 18.4. The van der Waals surface area contributed by atoms with Crippen molar-refractivity contribution in [1.29, 1.82) is 0 Å². The van der Waals surface area contributed by atoms with Gasteiger partial charge in [-0.2, -0.15) is 0 Å². The zero-order valence-corrected chi connectivity index (χ0v) is 13.9. The van der Waals surface area contributed by atoms with Gasteiger partial charge in [-0.05, 0) is 60.3 Å². The molecule has 0 radical (unpaired) electrons. The second-order valence-electron chi connectivity index (χ2n) is 5.94. The number of aromatic nitrogens is 2. The first-order valence-corrected chi connectivity index (χ1v) is 8.11. The second kappa shape index (κ2) is 5.73. The lowest BCUT2D eigenvalue weighted by molar-refractivity contribution is 1.09. The van der Waals surface area contributed by atoms with E-state index in [1.54, 1.807) is 6.07 Å². The molecule has 2 aromatic heterocycles. The molecule has 4 rings (SSSR count). The number of nitrogens with one attached hydrogen (secondary N) is 3. The average molecular weight is 338 g/mol. The molecule has 5 heteroatoms. The lowest BCUT2D eigenvalue weighted by Crippen LogP contribution is -2.15. The molecule has 0 bridgehead atoms. The van der Waals surface area contributed by atoms with Crippen LogP contribution in [0, 0.1) is 6.92 Å². The number of fused-ring (bicyclic) bond motifs is 2. The van der Waals surface area contributed by atoms with Gasteiger partial charge in [0.15, 0.2) is 0 Å². The van der Waals surface area contributed by atoms with E-state index < -0.39 is 0 Å². The predicted molar refractivity (Wildman–Crippen MR) is 99.9 cm³/mol. The summed E-state index contributed by atoms with van der Waals surface area (Å²) in [7, 11) is 0. The molecule has 120 valence electrons. The number of rotatable bonds is 3. The van der Waals surface area contributed by atoms with E-state index in [0.717, 1.165) is 27.7 Å². The third kappa shape index (κ3) is 2.65. The van der Waals surface area contributed by atoms with Crippen molar-refractivity contribution in [2.75, 3.05) is 5.32 Å². The van der Waals surface area contributed by atoms with Crippen LogP contribution in [0.1, 0.15) is 11.1 Å². The Hall–Kier alpha value is -2.72. The molecule has 0 aliphatic carbocycles. The van der Waals surface area contributed by atoms with Crippen LogP contribution in [-0.4, -0.2) is 9.97 Å². The highest BCUT2D eigenvalue weighted by atomic mass is 35.5. The van der Waals surface area contributed by atoms with Crippen molar-refractivity contribution in [3.05, 3.63) is 75.2 Å². The van der Waals surface area contributed by atoms with Crippen LogP contribution in [0.2, 0.25) is 5.02 Å². The van der Waals surface area contributed by atoms with E-state index in [2.05, 4.69) is 34.3 Å². The zero-order chi connectivity index (χ0) is 16.7. The van der Waals surface area contributed by atoms with Crippen molar-refractivity contribution in [2.45, 2.75) is 13.5 Å².